The largest absolute Gasteiger partial charge is 0.493 e. The number of nitrogens with one attached hydrogen (secondary N) is 1. The number of hydrogen-bond donors (Lipinski definition) is 1. The Bertz CT molecular complexity index is 553. The fourth-order valence-electron chi connectivity index (χ4n) is 2.86. The molecule has 1 heterocycles. The molecule has 1 N–H and O–H groups in total. The summed E-state index contributed by atoms with van der Waals surface area (Å²) in [5.74, 6) is 0.150. The van der Waals surface area contributed by atoms with Gasteiger partial charge in [-0.15, -0.1) is 0 Å². The summed E-state index contributed by atoms with van der Waals surface area (Å²) in [5.41, 5.74) is 0.760. The quantitative estimate of drug-likeness (QED) is 0.525. The summed E-state index contributed by atoms with van der Waals surface area (Å²) in [7, 11) is 1.63. The van der Waals surface area contributed by atoms with Crippen LogP contribution in [0.25, 0.3) is 0 Å². The molecule has 152 valence electrons. The topological polar surface area (TPSA) is 60.0 Å². The van der Waals surface area contributed by atoms with E-state index in [2.05, 4.69) is 5.32 Å². The van der Waals surface area contributed by atoms with Crippen molar-refractivity contribution in [1.82, 2.24) is 10.2 Å². The van der Waals surface area contributed by atoms with Crippen LogP contribution in [0.15, 0.2) is 18.2 Å². The number of nitrogens with zero attached hydrogens (tertiary/aromatic N) is 1. The number of methoxy groups -OCH3 is 1. The van der Waals surface area contributed by atoms with Crippen molar-refractivity contribution in [3.63, 3.8) is 0 Å². The zero-order valence-electron chi connectivity index (χ0n) is 16.3. The van der Waals surface area contributed by atoms with Gasteiger partial charge in [0, 0.05) is 45.3 Å². The van der Waals surface area contributed by atoms with E-state index in [0.29, 0.717) is 25.0 Å². The summed E-state index contributed by atoms with van der Waals surface area (Å²) < 4.78 is 29.2. The first-order valence-corrected chi connectivity index (χ1v) is 9.59. The maximum Gasteiger partial charge on any atom is 0.210 e. The van der Waals surface area contributed by atoms with Crippen LogP contribution in [0.3, 0.4) is 0 Å². The average Bonchev–Trinajstić information content (AvgIpc) is 3.52. The lowest BCUT2D eigenvalue weighted by atomic mass is 10.1. The third-order valence-electron chi connectivity index (χ3n) is 4.52. The molecule has 1 aromatic rings. The Balaban J connectivity index is 0.000000369. The molecule has 1 aromatic carbocycles. The molecule has 1 saturated carbocycles. The average molecular weight is 382 g/mol. The fourth-order valence-corrected chi connectivity index (χ4v) is 2.86. The minimum atomic E-state index is -0.345. The van der Waals surface area contributed by atoms with Crippen molar-refractivity contribution in [1.29, 1.82) is 0 Å². The van der Waals surface area contributed by atoms with E-state index in [4.69, 9.17) is 14.2 Å². The lowest BCUT2D eigenvalue weighted by Gasteiger charge is -2.25. The molecule has 7 heteroatoms. The van der Waals surface area contributed by atoms with E-state index < -0.39 is 0 Å². The van der Waals surface area contributed by atoms with Gasteiger partial charge in [0.15, 0.2) is 0 Å². The number of amides is 1. The smallest absolute Gasteiger partial charge is 0.210 e. The number of rotatable bonds is 9. The summed E-state index contributed by atoms with van der Waals surface area (Å²) in [6.45, 7) is 6.83. The highest BCUT2D eigenvalue weighted by Gasteiger charge is 2.32. The molecule has 1 atom stereocenters. The van der Waals surface area contributed by atoms with Gasteiger partial charge >= 0.3 is 0 Å². The van der Waals surface area contributed by atoms with Gasteiger partial charge in [-0.2, -0.15) is 0 Å². The molecular formula is C20H31FN2O4. The maximum atomic E-state index is 13.7. The van der Waals surface area contributed by atoms with Gasteiger partial charge < -0.3 is 24.4 Å². The molecular weight excluding hydrogens is 351 g/mol. The summed E-state index contributed by atoms with van der Waals surface area (Å²) in [6, 6.07) is 4.79. The van der Waals surface area contributed by atoms with Crippen LogP contribution in [0, 0.1) is 5.82 Å². The van der Waals surface area contributed by atoms with E-state index in [1.165, 1.54) is 12.1 Å². The van der Waals surface area contributed by atoms with E-state index >= 15 is 0 Å². The molecule has 1 aliphatic heterocycles. The number of hydrogen-bond acceptors (Lipinski definition) is 5. The number of benzene rings is 1. The predicted octanol–water partition coefficient (Wildman–Crippen LogP) is 2.53. The Hall–Kier alpha value is -1.70. The maximum absolute atomic E-state index is 13.7. The van der Waals surface area contributed by atoms with Crippen LogP contribution in [0.5, 0.6) is 5.75 Å². The van der Waals surface area contributed by atoms with E-state index in [9.17, 15) is 9.18 Å². The van der Waals surface area contributed by atoms with Crippen molar-refractivity contribution < 1.29 is 23.4 Å². The normalized spacial score (nSPS) is 17.4. The zero-order chi connectivity index (χ0) is 19.5. The molecule has 0 unspecified atom stereocenters. The fraction of sp³-hybridized carbons (Fsp3) is 0.650. The van der Waals surface area contributed by atoms with Crippen molar-refractivity contribution in [2.45, 2.75) is 38.3 Å². The molecule has 1 aliphatic carbocycles. The highest BCUT2D eigenvalue weighted by atomic mass is 19.1. The van der Waals surface area contributed by atoms with Gasteiger partial charge in [0.25, 0.3) is 0 Å². The van der Waals surface area contributed by atoms with Crippen molar-refractivity contribution in [3.05, 3.63) is 29.6 Å². The van der Waals surface area contributed by atoms with Crippen molar-refractivity contribution in [3.8, 4) is 5.75 Å². The van der Waals surface area contributed by atoms with E-state index in [1.807, 2.05) is 6.92 Å². The Labute approximate surface area is 161 Å². The Kier molecular flexibility index (Phi) is 9.52. The Morgan fingerprint density at radius 3 is 2.56 bits per heavy atom. The van der Waals surface area contributed by atoms with Gasteiger partial charge in [0.05, 0.1) is 25.9 Å². The van der Waals surface area contributed by atoms with Crippen molar-refractivity contribution in [2.24, 2.45) is 0 Å². The Morgan fingerprint density at radius 1 is 1.30 bits per heavy atom. The van der Waals surface area contributed by atoms with Gasteiger partial charge in [-0.3, -0.25) is 4.79 Å². The van der Waals surface area contributed by atoms with Crippen LogP contribution >= 0.6 is 0 Å². The first kappa shape index (κ1) is 21.6. The molecule has 1 saturated heterocycles. The molecule has 0 radical (unpaired) electrons. The lowest BCUT2D eigenvalue weighted by Crippen LogP contribution is -2.30. The van der Waals surface area contributed by atoms with Crippen LogP contribution in [-0.4, -0.2) is 64.0 Å². The molecule has 0 bridgehead atoms. The van der Waals surface area contributed by atoms with Gasteiger partial charge in [0.1, 0.15) is 11.6 Å². The zero-order valence-corrected chi connectivity index (χ0v) is 16.3. The monoisotopic (exact) mass is 382 g/mol. The van der Waals surface area contributed by atoms with Crippen molar-refractivity contribution in [2.75, 3.05) is 46.6 Å². The SMILES string of the molecule is C1COCCN1.COCCCOc1cc(F)cc([C@H](C)N(C=O)C2CC2)c1. The number of morpholine rings is 1. The molecule has 2 aliphatic rings. The summed E-state index contributed by atoms with van der Waals surface area (Å²) in [5, 5.41) is 3.16. The van der Waals surface area contributed by atoms with E-state index in [-0.39, 0.29) is 11.9 Å². The van der Waals surface area contributed by atoms with Crippen molar-refractivity contribution >= 4 is 6.41 Å². The predicted molar refractivity (Wildman–Crippen MR) is 101 cm³/mol. The number of ether oxygens (including phenoxy) is 3. The molecule has 3 rings (SSSR count). The Morgan fingerprint density at radius 2 is 2.04 bits per heavy atom. The van der Waals surface area contributed by atoms with E-state index in [0.717, 1.165) is 57.5 Å². The van der Waals surface area contributed by atoms with Crippen LogP contribution in [0.1, 0.15) is 37.8 Å². The number of carbonyl (C=O) groups is 1. The van der Waals surface area contributed by atoms with Crippen LogP contribution in [0.4, 0.5) is 4.39 Å². The van der Waals surface area contributed by atoms with Crippen LogP contribution < -0.4 is 10.1 Å². The number of carbonyl (C=O) groups excluding carboxylic acids is 1. The second kappa shape index (κ2) is 11.9. The van der Waals surface area contributed by atoms with Gasteiger partial charge in [-0.25, -0.2) is 4.39 Å². The second-order valence-electron chi connectivity index (χ2n) is 6.74. The lowest BCUT2D eigenvalue weighted by molar-refractivity contribution is -0.120. The first-order chi connectivity index (χ1) is 13.2. The second-order valence-corrected chi connectivity index (χ2v) is 6.74. The summed E-state index contributed by atoms with van der Waals surface area (Å²) >= 11 is 0. The third kappa shape index (κ3) is 7.82. The molecule has 6 nitrogen and oxygen atoms in total. The summed E-state index contributed by atoms with van der Waals surface area (Å²) in [6.07, 6.45) is 3.66. The molecule has 1 amide bonds. The standard InChI is InChI=1S/C16H22FNO3.C4H9NO/c1-12(18(11-19)15-4-5-15)13-8-14(17)10-16(9-13)21-7-3-6-20-2;1-3-6-4-2-5-1/h8-12,15H,3-7H2,1-2H3;5H,1-4H2/t12-;/m0./s1. The molecule has 0 spiro atoms. The minimum absolute atomic E-state index is 0.146. The molecule has 2 fully saturated rings. The van der Waals surface area contributed by atoms with Crippen LogP contribution in [0.2, 0.25) is 0 Å². The molecule has 27 heavy (non-hydrogen) atoms. The van der Waals surface area contributed by atoms with Crippen LogP contribution in [-0.2, 0) is 14.3 Å². The minimum Gasteiger partial charge on any atom is -0.493 e. The first-order valence-electron chi connectivity index (χ1n) is 9.59. The number of halogens is 1. The van der Waals surface area contributed by atoms with Gasteiger partial charge in [-0.1, -0.05) is 0 Å². The third-order valence-corrected chi connectivity index (χ3v) is 4.52. The molecule has 0 aromatic heterocycles. The summed E-state index contributed by atoms with van der Waals surface area (Å²) in [4.78, 5) is 13.0. The van der Waals surface area contributed by atoms with Gasteiger partial charge in [-0.05, 0) is 37.5 Å². The highest BCUT2D eigenvalue weighted by Crippen LogP contribution is 2.34. The van der Waals surface area contributed by atoms with E-state index in [1.54, 1.807) is 18.1 Å². The van der Waals surface area contributed by atoms with Gasteiger partial charge in [0.2, 0.25) is 6.41 Å². The highest BCUT2D eigenvalue weighted by molar-refractivity contribution is 5.50.